The molecule has 1 rings (SSSR count). The van der Waals surface area contributed by atoms with Crippen LogP contribution >= 0.6 is 15.9 Å². The molecule has 4 nitrogen and oxygen atoms in total. The fourth-order valence-corrected chi connectivity index (χ4v) is 2.29. The molecule has 0 heterocycles. The lowest BCUT2D eigenvalue weighted by Gasteiger charge is -2.32. The van der Waals surface area contributed by atoms with Gasteiger partial charge in [0.1, 0.15) is 5.60 Å². The SMILES string of the molecule is CNCC(C)(OC(=O)NC(C)(C)C)c1cccc(Br)c1. The highest BCUT2D eigenvalue weighted by atomic mass is 79.9. The van der Waals surface area contributed by atoms with Gasteiger partial charge in [0.05, 0.1) is 0 Å². The first-order valence-electron chi connectivity index (χ1n) is 6.58. The Hall–Kier alpha value is -1.07. The number of nitrogens with one attached hydrogen (secondary N) is 2. The van der Waals surface area contributed by atoms with Crippen LogP contribution in [0.5, 0.6) is 0 Å². The van der Waals surface area contributed by atoms with Crippen molar-refractivity contribution in [3.05, 3.63) is 34.3 Å². The summed E-state index contributed by atoms with van der Waals surface area (Å²) in [6.45, 7) is 8.18. The Morgan fingerprint density at radius 1 is 1.30 bits per heavy atom. The molecular weight excluding hydrogens is 320 g/mol. The number of likely N-dealkylation sites (N-methyl/N-ethyl adjacent to an activating group) is 1. The maximum Gasteiger partial charge on any atom is 0.408 e. The molecule has 1 aromatic carbocycles. The number of carbonyl (C=O) groups excluding carboxylic acids is 1. The fraction of sp³-hybridized carbons (Fsp3) is 0.533. The maximum absolute atomic E-state index is 12.0. The maximum atomic E-state index is 12.0. The number of halogens is 1. The van der Waals surface area contributed by atoms with Gasteiger partial charge in [-0.25, -0.2) is 4.79 Å². The van der Waals surface area contributed by atoms with Crippen LogP contribution in [0.1, 0.15) is 33.3 Å². The summed E-state index contributed by atoms with van der Waals surface area (Å²) >= 11 is 3.44. The molecule has 0 bridgehead atoms. The minimum atomic E-state index is -0.728. The monoisotopic (exact) mass is 342 g/mol. The molecule has 0 aliphatic heterocycles. The molecule has 1 amide bonds. The molecule has 0 aromatic heterocycles. The number of alkyl carbamates (subject to hydrolysis) is 1. The number of hydrogen-bond acceptors (Lipinski definition) is 3. The third-order valence-electron chi connectivity index (χ3n) is 2.74. The molecule has 0 aliphatic rings. The Balaban J connectivity index is 2.95. The Labute approximate surface area is 129 Å². The van der Waals surface area contributed by atoms with Crippen molar-refractivity contribution in [1.29, 1.82) is 0 Å². The summed E-state index contributed by atoms with van der Waals surface area (Å²) in [7, 11) is 1.83. The van der Waals surface area contributed by atoms with Crippen LogP contribution < -0.4 is 10.6 Å². The molecule has 0 spiro atoms. The van der Waals surface area contributed by atoms with E-state index in [9.17, 15) is 4.79 Å². The Morgan fingerprint density at radius 3 is 2.45 bits per heavy atom. The topological polar surface area (TPSA) is 50.4 Å². The second-order valence-electron chi connectivity index (χ2n) is 6.04. The lowest BCUT2D eigenvalue weighted by atomic mass is 9.95. The van der Waals surface area contributed by atoms with Crippen LogP contribution in [0, 0.1) is 0 Å². The predicted molar refractivity (Wildman–Crippen MR) is 84.8 cm³/mol. The molecule has 2 N–H and O–H groups in total. The van der Waals surface area contributed by atoms with Crippen LogP contribution in [0.15, 0.2) is 28.7 Å². The zero-order valence-electron chi connectivity index (χ0n) is 12.7. The number of rotatable bonds is 4. The van der Waals surface area contributed by atoms with Gasteiger partial charge in [0.15, 0.2) is 0 Å². The van der Waals surface area contributed by atoms with Crippen LogP contribution in [0.2, 0.25) is 0 Å². The van der Waals surface area contributed by atoms with Crippen molar-refractivity contribution in [3.63, 3.8) is 0 Å². The molecule has 20 heavy (non-hydrogen) atoms. The van der Waals surface area contributed by atoms with Crippen molar-refractivity contribution in [2.45, 2.75) is 38.8 Å². The molecule has 5 heteroatoms. The van der Waals surface area contributed by atoms with Gasteiger partial charge in [-0.05, 0) is 52.4 Å². The molecule has 1 atom stereocenters. The van der Waals surface area contributed by atoms with Crippen LogP contribution in [-0.4, -0.2) is 25.2 Å². The molecule has 0 saturated heterocycles. The fourth-order valence-electron chi connectivity index (χ4n) is 1.89. The minimum Gasteiger partial charge on any atom is -0.437 e. The first-order chi connectivity index (χ1) is 9.16. The van der Waals surface area contributed by atoms with Gasteiger partial charge in [-0.15, -0.1) is 0 Å². The second-order valence-corrected chi connectivity index (χ2v) is 6.95. The lowest BCUT2D eigenvalue weighted by Crippen LogP contribution is -2.46. The van der Waals surface area contributed by atoms with E-state index >= 15 is 0 Å². The highest BCUT2D eigenvalue weighted by Gasteiger charge is 2.31. The highest BCUT2D eigenvalue weighted by molar-refractivity contribution is 9.10. The van der Waals surface area contributed by atoms with Gasteiger partial charge < -0.3 is 15.4 Å². The summed E-state index contributed by atoms with van der Waals surface area (Å²) in [6.07, 6.45) is -0.421. The van der Waals surface area contributed by atoms with Crippen molar-refractivity contribution in [3.8, 4) is 0 Å². The third-order valence-corrected chi connectivity index (χ3v) is 3.24. The predicted octanol–water partition coefficient (Wildman–Crippen LogP) is 3.41. The van der Waals surface area contributed by atoms with Gasteiger partial charge in [0.2, 0.25) is 0 Å². The Kier molecular flexibility index (Phi) is 5.59. The second kappa shape index (κ2) is 6.59. The molecule has 0 fully saturated rings. The Morgan fingerprint density at radius 2 is 1.95 bits per heavy atom. The first-order valence-corrected chi connectivity index (χ1v) is 7.37. The van der Waals surface area contributed by atoms with E-state index in [0.717, 1.165) is 10.0 Å². The average molecular weight is 343 g/mol. The first kappa shape index (κ1) is 17.0. The van der Waals surface area contributed by atoms with Crippen molar-refractivity contribution < 1.29 is 9.53 Å². The van der Waals surface area contributed by atoms with E-state index in [-0.39, 0.29) is 5.54 Å². The molecule has 1 aromatic rings. The van der Waals surface area contributed by atoms with E-state index in [4.69, 9.17) is 4.74 Å². The van der Waals surface area contributed by atoms with Gasteiger partial charge in [-0.3, -0.25) is 0 Å². The van der Waals surface area contributed by atoms with E-state index in [1.807, 2.05) is 59.0 Å². The number of carbonyl (C=O) groups is 1. The van der Waals surface area contributed by atoms with E-state index in [0.29, 0.717) is 6.54 Å². The molecule has 0 radical (unpaired) electrons. The van der Waals surface area contributed by atoms with Crippen LogP contribution in [0.3, 0.4) is 0 Å². The van der Waals surface area contributed by atoms with E-state index in [1.165, 1.54) is 0 Å². The summed E-state index contributed by atoms with van der Waals surface area (Å²) in [5.74, 6) is 0. The smallest absolute Gasteiger partial charge is 0.408 e. The van der Waals surface area contributed by atoms with Crippen molar-refractivity contribution in [2.75, 3.05) is 13.6 Å². The highest BCUT2D eigenvalue weighted by Crippen LogP contribution is 2.27. The average Bonchev–Trinajstić information content (AvgIpc) is 2.26. The molecular formula is C15H23BrN2O2. The molecule has 1 unspecified atom stereocenters. The third kappa shape index (κ3) is 5.13. The van der Waals surface area contributed by atoms with Gasteiger partial charge in [-0.2, -0.15) is 0 Å². The largest absolute Gasteiger partial charge is 0.437 e. The number of ether oxygens (including phenoxy) is 1. The standard InChI is InChI=1S/C15H23BrN2O2/c1-14(2,3)18-13(19)20-15(4,10-17-5)11-7-6-8-12(16)9-11/h6-9,17H,10H2,1-5H3,(H,18,19). The quantitative estimate of drug-likeness (QED) is 0.881. The van der Waals surface area contributed by atoms with E-state index in [2.05, 4.69) is 26.6 Å². The minimum absolute atomic E-state index is 0.324. The summed E-state index contributed by atoms with van der Waals surface area (Å²) in [5.41, 5.74) is -0.117. The lowest BCUT2D eigenvalue weighted by molar-refractivity contribution is 0.0197. The zero-order valence-corrected chi connectivity index (χ0v) is 14.3. The van der Waals surface area contributed by atoms with E-state index in [1.54, 1.807) is 0 Å². The normalized spacial score (nSPS) is 14.5. The van der Waals surface area contributed by atoms with Crippen LogP contribution in [-0.2, 0) is 10.3 Å². The summed E-state index contributed by atoms with van der Waals surface area (Å²) in [5, 5.41) is 5.89. The van der Waals surface area contributed by atoms with Gasteiger partial charge in [-0.1, -0.05) is 28.1 Å². The summed E-state index contributed by atoms with van der Waals surface area (Å²) < 4.78 is 6.62. The number of amides is 1. The van der Waals surface area contributed by atoms with Gasteiger partial charge >= 0.3 is 6.09 Å². The summed E-state index contributed by atoms with van der Waals surface area (Å²) in [4.78, 5) is 12.0. The van der Waals surface area contributed by atoms with Gasteiger partial charge in [0, 0.05) is 16.6 Å². The van der Waals surface area contributed by atoms with Crippen LogP contribution in [0.25, 0.3) is 0 Å². The molecule has 0 saturated carbocycles. The Bertz CT molecular complexity index is 471. The number of benzene rings is 1. The van der Waals surface area contributed by atoms with Crippen molar-refractivity contribution in [2.24, 2.45) is 0 Å². The van der Waals surface area contributed by atoms with E-state index < -0.39 is 11.7 Å². The molecule has 112 valence electrons. The zero-order chi connectivity index (χ0) is 15.4. The summed E-state index contributed by atoms with van der Waals surface area (Å²) in [6, 6.07) is 7.78. The van der Waals surface area contributed by atoms with Gasteiger partial charge in [0.25, 0.3) is 0 Å². The van der Waals surface area contributed by atoms with Crippen molar-refractivity contribution >= 4 is 22.0 Å². The van der Waals surface area contributed by atoms with Crippen molar-refractivity contribution in [1.82, 2.24) is 10.6 Å². The van der Waals surface area contributed by atoms with Crippen LogP contribution in [0.4, 0.5) is 4.79 Å². The number of hydrogen-bond donors (Lipinski definition) is 2. The molecule has 0 aliphatic carbocycles.